The molecule has 2 heteroatoms. The molecule has 0 heterocycles. The number of hydrogen-bond acceptors (Lipinski definition) is 1. The minimum Gasteiger partial charge on any atom is -0.320 e. The molecule has 0 rings (SSSR count). The third kappa shape index (κ3) is 9.89. The minimum absolute atomic E-state index is 0.164. The Hall–Kier alpha value is -0.110. The van der Waals surface area contributed by atoms with Crippen LogP contribution in [0.15, 0.2) is 0 Å². The molecule has 0 saturated carbocycles. The molecule has 1 nitrogen and oxygen atoms in total. The van der Waals surface area contributed by atoms with Crippen molar-refractivity contribution >= 4 is 0 Å². The number of rotatable bonds is 6. The first kappa shape index (κ1) is 14.4. The van der Waals surface area contributed by atoms with Gasteiger partial charge >= 0.3 is 0 Å². The van der Waals surface area contributed by atoms with Crippen molar-refractivity contribution in [1.82, 2.24) is 5.32 Å². The Morgan fingerprint density at radius 2 is 1.83 bits per heavy atom. The summed E-state index contributed by atoms with van der Waals surface area (Å²) in [5.41, 5.74) is 0. The molecule has 1 N–H and O–H groups in total. The van der Waals surface area contributed by atoms with Crippen LogP contribution < -0.4 is 5.32 Å². The van der Waals surface area contributed by atoms with Gasteiger partial charge in [-0.05, 0) is 32.4 Å². The molecule has 0 radical (unpaired) electrons. The van der Waals surface area contributed by atoms with E-state index in [1.165, 1.54) is 0 Å². The largest absolute Gasteiger partial charge is 0.320 e. The van der Waals surface area contributed by atoms with E-state index in [9.17, 15) is 4.39 Å². The first-order valence-electron chi connectivity index (χ1n) is 5.05. The van der Waals surface area contributed by atoms with Crippen molar-refractivity contribution in [2.75, 3.05) is 20.3 Å². The lowest BCUT2D eigenvalue weighted by atomic mass is 9.99. The lowest BCUT2D eigenvalue weighted by molar-refractivity contribution is 0.360. The quantitative estimate of drug-likeness (QED) is 0.657. The highest BCUT2D eigenvalue weighted by atomic mass is 19.1. The van der Waals surface area contributed by atoms with Crippen LogP contribution in [0.25, 0.3) is 0 Å². The number of nitrogens with one attached hydrogen (secondary N) is 1. The van der Waals surface area contributed by atoms with Gasteiger partial charge < -0.3 is 5.32 Å². The highest BCUT2D eigenvalue weighted by Gasteiger charge is 2.03. The molecule has 0 aliphatic carbocycles. The average Bonchev–Trinajstić information content (AvgIpc) is 2.15. The summed E-state index contributed by atoms with van der Waals surface area (Å²) in [7, 11) is 1.93. The monoisotopic (exact) mass is 177 g/mol. The normalized spacial score (nSPS) is 11.8. The van der Waals surface area contributed by atoms with Crippen LogP contribution in [0.4, 0.5) is 4.39 Å². The fourth-order valence-corrected chi connectivity index (χ4v) is 1.06. The van der Waals surface area contributed by atoms with E-state index in [2.05, 4.69) is 12.2 Å². The molecule has 0 fully saturated rings. The second-order valence-electron chi connectivity index (χ2n) is 2.64. The Morgan fingerprint density at radius 1 is 1.25 bits per heavy atom. The zero-order valence-electron chi connectivity index (χ0n) is 8.99. The number of halogens is 1. The maximum atomic E-state index is 11.8. The van der Waals surface area contributed by atoms with E-state index >= 15 is 0 Å². The van der Waals surface area contributed by atoms with E-state index < -0.39 is 0 Å². The summed E-state index contributed by atoms with van der Waals surface area (Å²) in [5, 5.41) is 3.07. The summed E-state index contributed by atoms with van der Waals surface area (Å²) < 4.78 is 11.8. The van der Waals surface area contributed by atoms with Crippen LogP contribution in [0.2, 0.25) is 0 Å². The summed E-state index contributed by atoms with van der Waals surface area (Å²) in [5.74, 6) is 0.581. The van der Waals surface area contributed by atoms with Crippen LogP contribution in [-0.2, 0) is 0 Å². The highest BCUT2D eigenvalue weighted by Crippen LogP contribution is 2.11. The molecule has 12 heavy (non-hydrogen) atoms. The van der Waals surface area contributed by atoms with Gasteiger partial charge in [-0.15, -0.1) is 0 Å². The smallest absolute Gasteiger partial charge is 0.0897 e. The highest BCUT2D eigenvalue weighted by molar-refractivity contribution is 4.57. The summed E-state index contributed by atoms with van der Waals surface area (Å²) in [4.78, 5) is 0. The molecule has 0 aromatic rings. The van der Waals surface area contributed by atoms with Gasteiger partial charge in [0, 0.05) is 0 Å². The van der Waals surface area contributed by atoms with Crippen LogP contribution in [-0.4, -0.2) is 20.3 Å². The molecule has 0 spiro atoms. The maximum absolute atomic E-state index is 11.8. The molecule has 1 atom stereocenters. The molecular weight excluding hydrogens is 153 g/mol. The molecule has 0 bridgehead atoms. The van der Waals surface area contributed by atoms with Crippen molar-refractivity contribution in [3.8, 4) is 0 Å². The molecule has 0 aliphatic heterocycles. The van der Waals surface area contributed by atoms with Crippen molar-refractivity contribution in [3.63, 3.8) is 0 Å². The topological polar surface area (TPSA) is 12.0 Å². The Morgan fingerprint density at radius 3 is 2.17 bits per heavy atom. The molecular formula is C10H24FN. The van der Waals surface area contributed by atoms with E-state index in [-0.39, 0.29) is 6.67 Å². The molecule has 0 aliphatic rings. The van der Waals surface area contributed by atoms with Crippen LogP contribution in [0.5, 0.6) is 0 Å². The Bertz CT molecular complexity index is 66.9. The fraction of sp³-hybridized carbons (Fsp3) is 1.00. The van der Waals surface area contributed by atoms with Crippen LogP contribution in [0.3, 0.4) is 0 Å². The van der Waals surface area contributed by atoms with E-state index in [0.29, 0.717) is 5.92 Å². The van der Waals surface area contributed by atoms with Gasteiger partial charge in [-0.2, -0.15) is 0 Å². The molecule has 1 unspecified atom stereocenters. The Labute approximate surface area is 76.7 Å². The maximum Gasteiger partial charge on any atom is 0.0897 e. The number of hydrogen-bond donors (Lipinski definition) is 1. The summed E-state index contributed by atoms with van der Waals surface area (Å²) in [6.45, 7) is 6.97. The minimum atomic E-state index is -0.164. The average molecular weight is 177 g/mol. The lowest BCUT2D eigenvalue weighted by Gasteiger charge is -2.11. The van der Waals surface area contributed by atoms with E-state index in [1.807, 2.05) is 20.9 Å². The van der Waals surface area contributed by atoms with Crippen molar-refractivity contribution in [3.05, 3.63) is 0 Å². The van der Waals surface area contributed by atoms with Gasteiger partial charge in [0.15, 0.2) is 0 Å². The van der Waals surface area contributed by atoms with E-state index in [1.54, 1.807) is 0 Å². The van der Waals surface area contributed by atoms with Crippen molar-refractivity contribution < 1.29 is 4.39 Å². The predicted octanol–water partition coefficient (Wildman–Crippen LogP) is 3.01. The molecule has 0 saturated heterocycles. The Balaban J connectivity index is 0. The molecule has 76 valence electrons. The summed E-state index contributed by atoms with van der Waals surface area (Å²) in [6, 6.07) is 0. The SMILES string of the molecule is CC.CCC(CCF)CCNC. The molecule has 0 aromatic heterocycles. The van der Waals surface area contributed by atoms with Gasteiger partial charge in [-0.3, -0.25) is 4.39 Å². The first-order chi connectivity index (χ1) is 5.85. The van der Waals surface area contributed by atoms with Gasteiger partial charge in [0.2, 0.25) is 0 Å². The lowest BCUT2D eigenvalue weighted by Crippen LogP contribution is -2.13. The molecule has 0 aromatic carbocycles. The van der Waals surface area contributed by atoms with Gasteiger partial charge in [-0.25, -0.2) is 0 Å². The second kappa shape index (κ2) is 13.5. The first-order valence-corrected chi connectivity index (χ1v) is 5.05. The zero-order valence-corrected chi connectivity index (χ0v) is 8.99. The molecule has 0 amide bonds. The van der Waals surface area contributed by atoms with E-state index in [0.717, 1.165) is 25.8 Å². The van der Waals surface area contributed by atoms with Gasteiger partial charge in [-0.1, -0.05) is 27.2 Å². The second-order valence-corrected chi connectivity index (χ2v) is 2.64. The zero-order chi connectivity index (χ0) is 9.82. The van der Waals surface area contributed by atoms with Crippen molar-refractivity contribution in [2.24, 2.45) is 5.92 Å². The van der Waals surface area contributed by atoms with Gasteiger partial charge in [0.05, 0.1) is 6.67 Å². The fourth-order valence-electron chi connectivity index (χ4n) is 1.06. The van der Waals surface area contributed by atoms with Crippen LogP contribution in [0.1, 0.15) is 40.0 Å². The van der Waals surface area contributed by atoms with E-state index in [4.69, 9.17) is 0 Å². The third-order valence-corrected chi connectivity index (χ3v) is 1.90. The predicted molar refractivity (Wildman–Crippen MR) is 54.3 cm³/mol. The van der Waals surface area contributed by atoms with Gasteiger partial charge in [0.25, 0.3) is 0 Å². The number of alkyl halides is 1. The van der Waals surface area contributed by atoms with Crippen molar-refractivity contribution in [1.29, 1.82) is 0 Å². The van der Waals surface area contributed by atoms with Crippen molar-refractivity contribution in [2.45, 2.75) is 40.0 Å². The van der Waals surface area contributed by atoms with Gasteiger partial charge in [0.1, 0.15) is 0 Å². The van der Waals surface area contributed by atoms with Crippen LogP contribution in [0, 0.1) is 5.92 Å². The summed E-state index contributed by atoms with van der Waals surface area (Å²) >= 11 is 0. The standard InChI is InChI=1S/C8H18FN.C2H6/c1-3-8(4-6-9)5-7-10-2;1-2/h8,10H,3-7H2,1-2H3;1-2H3. The summed E-state index contributed by atoms with van der Waals surface area (Å²) in [6.07, 6.45) is 2.95. The third-order valence-electron chi connectivity index (χ3n) is 1.90. The van der Waals surface area contributed by atoms with Crippen LogP contribution >= 0.6 is 0 Å². The Kier molecular flexibility index (Phi) is 16.2.